The lowest BCUT2D eigenvalue weighted by Gasteiger charge is -1.93. The van der Waals surface area contributed by atoms with Gasteiger partial charge in [0.05, 0.1) is 6.42 Å². The van der Waals surface area contributed by atoms with Crippen LogP contribution in [0.3, 0.4) is 0 Å². The quantitative estimate of drug-likeness (QED) is 0.491. The molecule has 0 unspecified atom stereocenters. The first-order valence-electron chi connectivity index (χ1n) is 2.61. The van der Waals surface area contributed by atoms with Crippen LogP contribution in [-0.2, 0) is 9.59 Å². The van der Waals surface area contributed by atoms with E-state index in [4.69, 9.17) is 23.2 Å². The predicted octanol–water partition coefficient (Wildman–Crippen LogP) is 1.85. The Morgan fingerprint density at radius 3 is 2.00 bits per heavy atom. The van der Waals surface area contributed by atoms with Gasteiger partial charge in [-0.2, -0.15) is 0 Å². The van der Waals surface area contributed by atoms with Gasteiger partial charge in [0.25, 0.3) is 0 Å². The lowest BCUT2D eigenvalue weighted by atomic mass is 10.2. The second-order valence-corrected chi connectivity index (χ2v) is 2.38. The standard InChI is InChI=1S/C6H6Cl2O2/c1-2-4(6(8)10)3-5(7)9/h2H,3H2,1H3. The zero-order chi connectivity index (χ0) is 8.15. The Kier molecular flexibility index (Phi) is 4.32. The zero-order valence-corrected chi connectivity index (χ0v) is 6.87. The zero-order valence-electron chi connectivity index (χ0n) is 5.36. The first kappa shape index (κ1) is 9.66. The van der Waals surface area contributed by atoms with Crippen LogP contribution in [0.2, 0.25) is 0 Å². The van der Waals surface area contributed by atoms with Crippen LogP contribution in [0, 0.1) is 0 Å². The molecule has 0 rings (SSSR count). The normalized spacial score (nSPS) is 11.3. The first-order valence-corrected chi connectivity index (χ1v) is 3.37. The van der Waals surface area contributed by atoms with Crippen molar-refractivity contribution in [3.63, 3.8) is 0 Å². The summed E-state index contributed by atoms with van der Waals surface area (Å²) in [5.41, 5.74) is 0.238. The summed E-state index contributed by atoms with van der Waals surface area (Å²) in [7, 11) is 0. The van der Waals surface area contributed by atoms with Crippen molar-refractivity contribution in [2.45, 2.75) is 13.3 Å². The maximum atomic E-state index is 10.4. The smallest absolute Gasteiger partial charge is 0.248 e. The van der Waals surface area contributed by atoms with Crippen LogP contribution < -0.4 is 0 Å². The van der Waals surface area contributed by atoms with E-state index in [1.165, 1.54) is 6.08 Å². The van der Waals surface area contributed by atoms with Crippen LogP contribution in [0.15, 0.2) is 11.6 Å². The number of hydrogen-bond donors (Lipinski definition) is 0. The third kappa shape index (κ3) is 3.64. The SMILES string of the molecule is CC=C(CC(=O)Cl)C(=O)Cl. The molecule has 0 radical (unpaired) electrons. The third-order valence-electron chi connectivity index (χ3n) is 0.930. The van der Waals surface area contributed by atoms with Crippen molar-refractivity contribution in [3.8, 4) is 0 Å². The van der Waals surface area contributed by atoms with Crippen molar-refractivity contribution < 1.29 is 9.59 Å². The van der Waals surface area contributed by atoms with Gasteiger partial charge in [0, 0.05) is 5.57 Å². The molecule has 4 heteroatoms. The molecule has 0 fully saturated rings. The molecule has 0 aromatic carbocycles. The van der Waals surface area contributed by atoms with Gasteiger partial charge in [0.1, 0.15) is 0 Å². The molecule has 2 nitrogen and oxygen atoms in total. The summed E-state index contributed by atoms with van der Waals surface area (Å²) in [5, 5.41) is -1.21. The molecule has 0 spiro atoms. The van der Waals surface area contributed by atoms with E-state index in [0.717, 1.165) is 0 Å². The van der Waals surface area contributed by atoms with E-state index in [9.17, 15) is 9.59 Å². The van der Waals surface area contributed by atoms with Gasteiger partial charge in [-0.05, 0) is 30.1 Å². The lowest BCUT2D eigenvalue weighted by Crippen LogP contribution is -1.97. The average molecular weight is 181 g/mol. The van der Waals surface area contributed by atoms with Crippen LogP contribution >= 0.6 is 23.2 Å². The molecule has 10 heavy (non-hydrogen) atoms. The Morgan fingerprint density at radius 1 is 1.40 bits per heavy atom. The fourth-order valence-electron chi connectivity index (χ4n) is 0.435. The molecule has 56 valence electrons. The highest BCUT2D eigenvalue weighted by Crippen LogP contribution is 2.07. The summed E-state index contributed by atoms with van der Waals surface area (Å²) in [4.78, 5) is 20.6. The Balaban J connectivity index is 4.12. The van der Waals surface area contributed by atoms with E-state index in [2.05, 4.69) is 0 Å². The summed E-state index contributed by atoms with van der Waals surface area (Å²) >= 11 is 10.1. The average Bonchev–Trinajstić information content (AvgIpc) is 1.81. The summed E-state index contributed by atoms with van der Waals surface area (Å²) < 4.78 is 0. The molecule has 0 aromatic heterocycles. The number of halogens is 2. The van der Waals surface area contributed by atoms with E-state index >= 15 is 0 Å². The summed E-state index contributed by atoms with van der Waals surface area (Å²) in [5.74, 6) is 0. The Labute approximate surface area is 68.8 Å². The molecule has 0 heterocycles. The molecule has 0 bridgehead atoms. The minimum Gasteiger partial charge on any atom is -0.281 e. The van der Waals surface area contributed by atoms with Crippen LogP contribution in [0.4, 0.5) is 0 Å². The number of rotatable bonds is 3. The van der Waals surface area contributed by atoms with Crippen molar-refractivity contribution >= 4 is 33.7 Å². The summed E-state index contributed by atoms with van der Waals surface area (Å²) in [6, 6.07) is 0. The van der Waals surface area contributed by atoms with E-state index in [1.54, 1.807) is 6.92 Å². The topological polar surface area (TPSA) is 34.1 Å². The summed E-state index contributed by atoms with van der Waals surface area (Å²) in [6.07, 6.45) is 1.37. The molecule has 0 saturated carbocycles. The van der Waals surface area contributed by atoms with Crippen molar-refractivity contribution in [3.05, 3.63) is 11.6 Å². The molecule has 0 atom stereocenters. The minimum absolute atomic E-state index is 0.0968. The first-order chi connectivity index (χ1) is 4.57. The van der Waals surface area contributed by atoms with Gasteiger partial charge in [-0.1, -0.05) is 6.08 Å². The van der Waals surface area contributed by atoms with E-state index in [-0.39, 0.29) is 12.0 Å². The Hall–Kier alpha value is -0.340. The number of carbonyl (C=O) groups excluding carboxylic acids is 2. The van der Waals surface area contributed by atoms with E-state index in [1.807, 2.05) is 0 Å². The molecule has 0 aromatic rings. The van der Waals surface area contributed by atoms with Gasteiger partial charge in [-0.15, -0.1) is 0 Å². The van der Waals surface area contributed by atoms with Gasteiger partial charge in [-0.25, -0.2) is 0 Å². The Morgan fingerprint density at radius 2 is 1.90 bits per heavy atom. The Bertz CT molecular complexity index is 184. The van der Waals surface area contributed by atoms with Gasteiger partial charge in [0.2, 0.25) is 10.5 Å². The number of allylic oxidation sites excluding steroid dienone is 2. The fraction of sp³-hybridized carbons (Fsp3) is 0.333. The van der Waals surface area contributed by atoms with Gasteiger partial charge in [-0.3, -0.25) is 9.59 Å². The van der Waals surface area contributed by atoms with Crippen molar-refractivity contribution in [2.75, 3.05) is 0 Å². The maximum absolute atomic E-state index is 10.4. The molecule has 0 aliphatic carbocycles. The maximum Gasteiger partial charge on any atom is 0.248 e. The molecule has 0 saturated heterocycles. The molecule has 0 amide bonds. The highest BCUT2D eigenvalue weighted by atomic mass is 35.5. The molecule has 0 aliphatic heterocycles. The van der Waals surface area contributed by atoms with Crippen LogP contribution in [-0.4, -0.2) is 10.5 Å². The molecule has 0 aliphatic rings. The van der Waals surface area contributed by atoms with E-state index < -0.39 is 10.5 Å². The highest BCUT2D eigenvalue weighted by Gasteiger charge is 2.07. The number of carbonyl (C=O) groups is 2. The van der Waals surface area contributed by atoms with Gasteiger partial charge >= 0.3 is 0 Å². The molecular formula is C6H6Cl2O2. The second-order valence-electron chi connectivity index (χ2n) is 1.62. The third-order valence-corrected chi connectivity index (χ3v) is 1.31. The van der Waals surface area contributed by atoms with E-state index in [0.29, 0.717) is 0 Å². The minimum atomic E-state index is -0.628. The predicted molar refractivity (Wildman–Crippen MR) is 40.1 cm³/mol. The summed E-state index contributed by atoms with van der Waals surface area (Å²) in [6.45, 7) is 1.62. The van der Waals surface area contributed by atoms with Gasteiger partial charge in [0.15, 0.2) is 0 Å². The lowest BCUT2D eigenvalue weighted by molar-refractivity contribution is -0.113. The largest absolute Gasteiger partial charge is 0.281 e. The van der Waals surface area contributed by atoms with Crippen LogP contribution in [0.25, 0.3) is 0 Å². The van der Waals surface area contributed by atoms with Crippen molar-refractivity contribution in [2.24, 2.45) is 0 Å². The second kappa shape index (κ2) is 4.47. The van der Waals surface area contributed by atoms with Crippen molar-refractivity contribution in [1.82, 2.24) is 0 Å². The highest BCUT2D eigenvalue weighted by molar-refractivity contribution is 6.69. The van der Waals surface area contributed by atoms with Crippen molar-refractivity contribution in [1.29, 1.82) is 0 Å². The number of hydrogen-bond acceptors (Lipinski definition) is 2. The monoisotopic (exact) mass is 180 g/mol. The van der Waals surface area contributed by atoms with Crippen LogP contribution in [0.1, 0.15) is 13.3 Å². The fourth-order valence-corrected chi connectivity index (χ4v) is 0.755. The molecule has 0 N–H and O–H groups in total. The van der Waals surface area contributed by atoms with Crippen LogP contribution in [0.5, 0.6) is 0 Å². The van der Waals surface area contributed by atoms with Gasteiger partial charge < -0.3 is 0 Å². The molecular weight excluding hydrogens is 175 g/mol.